The van der Waals surface area contributed by atoms with Crippen LogP contribution in [-0.4, -0.2) is 64.4 Å². The molecule has 1 atom stereocenters. The Hall–Kier alpha value is -1.31. The van der Waals surface area contributed by atoms with Crippen molar-refractivity contribution >= 4 is 27.5 Å². The summed E-state index contributed by atoms with van der Waals surface area (Å²) in [5.41, 5.74) is 1.36. The van der Waals surface area contributed by atoms with Gasteiger partial charge in [-0.2, -0.15) is 0 Å². The first kappa shape index (κ1) is 17.1. The van der Waals surface area contributed by atoms with Crippen molar-refractivity contribution in [2.24, 2.45) is 0 Å². The number of hydrogen-bond donors (Lipinski definition) is 2. The van der Waals surface area contributed by atoms with E-state index in [1.54, 1.807) is 19.2 Å². The maximum atomic E-state index is 12.4. The predicted molar refractivity (Wildman–Crippen MR) is 89.8 cm³/mol. The van der Waals surface area contributed by atoms with E-state index in [4.69, 9.17) is 9.47 Å². The number of ether oxygens (including phenoxy) is 2. The highest BCUT2D eigenvalue weighted by Gasteiger charge is 2.20. The summed E-state index contributed by atoms with van der Waals surface area (Å²) < 4.78 is 11.8. The molecule has 7 heteroatoms. The van der Waals surface area contributed by atoms with E-state index < -0.39 is 0 Å². The topological polar surface area (TPSA) is 62.8 Å². The molecular weight excluding hydrogens is 350 g/mol. The number of amides is 1. The van der Waals surface area contributed by atoms with E-state index in [-0.39, 0.29) is 12.0 Å². The SMILES string of the molecule is CNc1cc(OC)c(C(=O)NCC2CN(C)CCO2)cc1Br. The quantitative estimate of drug-likeness (QED) is 0.822. The molecule has 6 nitrogen and oxygen atoms in total. The molecule has 0 aliphatic carbocycles. The van der Waals surface area contributed by atoms with E-state index in [1.165, 1.54) is 0 Å². The standard InChI is InChI=1S/C15H22BrN3O3/c1-17-13-7-14(21-3)11(6-12(13)16)15(20)18-8-10-9-19(2)4-5-22-10/h6-7,10,17H,4-5,8-9H2,1-3H3,(H,18,20). The number of likely N-dealkylation sites (N-methyl/N-ethyl adjacent to an activating group) is 1. The van der Waals surface area contributed by atoms with Gasteiger partial charge < -0.3 is 25.0 Å². The number of carbonyl (C=O) groups excluding carboxylic acids is 1. The van der Waals surface area contributed by atoms with Crippen molar-refractivity contribution < 1.29 is 14.3 Å². The Morgan fingerprint density at radius 2 is 2.32 bits per heavy atom. The predicted octanol–water partition coefficient (Wildman–Crippen LogP) is 1.56. The lowest BCUT2D eigenvalue weighted by atomic mass is 10.1. The van der Waals surface area contributed by atoms with E-state index >= 15 is 0 Å². The van der Waals surface area contributed by atoms with Gasteiger partial charge in [0.15, 0.2) is 0 Å². The van der Waals surface area contributed by atoms with E-state index in [1.807, 2.05) is 14.1 Å². The van der Waals surface area contributed by atoms with Crippen molar-refractivity contribution in [2.45, 2.75) is 6.10 Å². The van der Waals surface area contributed by atoms with Crippen LogP contribution in [0.15, 0.2) is 16.6 Å². The normalized spacial score (nSPS) is 18.8. The zero-order valence-electron chi connectivity index (χ0n) is 13.1. The Morgan fingerprint density at radius 3 is 2.95 bits per heavy atom. The fourth-order valence-electron chi connectivity index (χ4n) is 2.38. The van der Waals surface area contributed by atoms with Crippen molar-refractivity contribution in [3.63, 3.8) is 0 Å². The molecule has 1 aromatic rings. The first-order chi connectivity index (χ1) is 10.5. The van der Waals surface area contributed by atoms with E-state index in [2.05, 4.69) is 31.5 Å². The third-order valence-corrected chi connectivity index (χ3v) is 4.29. The highest BCUT2D eigenvalue weighted by molar-refractivity contribution is 9.10. The molecule has 1 saturated heterocycles. The van der Waals surface area contributed by atoms with E-state index in [0.717, 1.165) is 23.2 Å². The molecule has 1 amide bonds. The second-order valence-electron chi connectivity index (χ2n) is 5.25. The first-order valence-electron chi connectivity index (χ1n) is 7.18. The summed E-state index contributed by atoms with van der Waals surface area (Å²) in [6, 6.07) is 3.55. The summed E-state index contributed by atoms with van der Waals surface area (Å²) in [5, 5.41) is 5.96. The van der Waals surface area contributed by atoms with Gasteiger partial charge in [-0.15, -0.1) is 0 Å². The summed E-state index contributed by atoms with van der Waals surface area (Å²) in [5.74, 6) is 0.365. The number of benzene rings is 1. The minimum absolute atomic E-state index is 0.0220. The minimum atomic E-state index is -0.169. The second kappa shape index (κ2) is 7.80. The van der Waals surface area contributed by atoms with Crippen LogP contribution in [0.5, 0.6) is 5.75 Å². The van der Waals surface area contributed by atoms with Crippen molar-refractivity contribution in [1.29, 1.82) is 0 Å². The lowest BCUT2D eigenvalue weighted by molar-refractivity contribution is -0.0175. The Balaban J connectivity index is 2.04. The number of halogens is 1. The molecule has 1 fully saturated rings. The average Bonchev–Trinajstić information content (AvgIpc) is 2.52. The lowest BCUT2D eigenvalue weighted by Crippen LogP contribution is -2.45. The van der Waals surface area contributed by atoms with Gasteiger partial charge in [-0.3, -0.25) is 4.79 Å². The zero-order valence-corrected chi connectivity index (χ0v) is 14.7. The molecule has 1 aliphatic heterocycles. The summed E-state index contributed by atoms with van der Waals surface area (Å²) in [7, 11) is 5.42. The maximum Gasteiger partial charge on any atom is 0.255 e. The average molecular weight is 372 g/mol. The Kier molecular flexibility index (Phi) is 6.05. The van der Waals surface area contributed by atoms with Crippen LogP contribution in [0.3, 0.4) is 0 Å². The molecule has 0 aromatic heterocycles. The monoisotopic (exact) mass is 371 g/mol. The van der Waals surface area contributed by atoms with Crippen molar-refractivity contribution in [2.75, 3.05) is 52.8 Å². The molecule has 0 radical (unpaired) electrons. The van der Waals surface area contributed by atoms with Crippen LogP contribution in [-0.2, 0) is 4.74 Å². The number of hydrogen-bond acceptors (Lipinski definition) is 5. The molecule has 122 valence electrons. The summed E-state index contributed by atoms with van der Waals surface area (Å²) >= 11 is 3.45. The van der Waals surface area contributed by atoms with Crippen molar-refractivity contribution in [1.82, 2.24) is 10.2 Å². The third-order valence-electron chi connectivity index (χ3n) is 3.64. The number of carbonyl (C=O) groups is 1. The molecule has 1 aliphatic rings. The van der Waals surface area contributed by atoms with Crippen molar-refractivity contribution in [3.8, 4) is 5.75 Å². The summed E-state index contributed by atoms with van der Waals surface area (Å²) in [4.78, 5) is 14.6. The molecule has 0 bridgehead atoms. The molecule has 0 saturated carbocycles. The zero-order chi connectivity index (χ0) is 16.1. The van der Waals surface area contributed by atoms with Crippen LogP contribution < -0.4 is 15.4 Å². The van der Waals surface area contributed by atoms with Crippen LogP contribution in [0, 0.1) is 0 Å². The number of morpholine rings is 1. The van der Waals surface area contributed by atoms with Gasteiger partial charge in [0.05, 0.1) is 31.1 Å². The summed E-state index contributed by atoms with van der Waals surface area (Å²) in [6.45, 7) is 2.93. The van der Waals surface area contributed by atoms with Gasteiger partial charge in [0.2, 0.25) is 0 Å². The third kappa shape index (κ3) is 4.12. The summed E-state index contributed by atoms with van der Waals surface area (Å²) in [6.07, 6.45) is 0.0220. The Labute approximate surface area is 139 Å². The van der Waals surface area contributed by atoms with Gasteiger partial charge in [0.25, 0.3) is 5.91 Å². The number of nitrogens with one attached hydrogen (secondary N) is 2. The van der Waals surface area contributed by atoms with Crippen LogP contribution in [0.1, 0.15) is 10.4 Å². The van der Waals surface area contributed by atoms with Gasteiger partial charge in [-0.05, 0) is 29.0 Å². The highest BCUT2D eigenvalue weighted by Crippen LogP contribution is 2.30. The molecule has 1 unspecified atom stereocenters. The van der Waals surface area contributed by atoms with Crippen LogP contribution in [0.2, 0.25) is 0 Å². The smallest absolute Gasteiger partial charge is 0.255 e. The Bertz CT molecular complexity index is 539. The number of rotatable bonds is 5. The fraction of sp³-hybridized carbons (Fsp3) is 0.533. The van der Waals surface area contributed by atoms with Gasteiger partial charge in [0.1, 0.15) is 5.75 Å². The van der Waals surface area contributed by atoms with Crippen LogP contribution in [0.25, 0.3) is 0 Å². The fourth-order valence-corrected chi connectivity index (χ4v) is 2.92. The van der Waals surface area contributed by atoms with Gasteiger partial charge >= 0.3 is 0 Å². The number of methoxy groups -OCH3 is 1. The molecule has 2 N–H and O–H groups in total. The molecule has 1 heterocycles. The minimum Gasteiger partial charge on any atom is -0.496 e. The van der Waals surface area contributed by atoms with E-state index in [0.29, 0.717) is 24.5 Å². The molecule has 2 rings (SSSR count). The maximum absolute atomic E-state index is 12.4. The highest BCUT2D eigenvalue weighted by atomic mass is 79.9. The number of anilines is 1. The van der Waals surface area contributed by atoms with E-state index in [9.17, 15) is 4.79 Å². The van der Waals surface area contributed by atoms with Gasteiger partial charge in [-0.25, -0.2) is 0 Å². The number of nitrogens with zero attached hydrogens (tertiary/aromatic N) is 1. The largest absolute Gasteiger partial charge is 0.496 e. The van der Waals surface area contributed by atoms with Gasteiger partial charge in [-0.1, -0.05) is 0 Å². The van der Waals surface area contributed by atoms with Crippen LogP contribution >= 0.6 is 15.9 Å². The second-order valence-corrected chi connectivity index (χ2v) is 6.10. The van der Waals surface area contributed by atoms with Crippen molar-refractivity contribution in [3.05, 3.63) is 22.2 Å². The first-order valence-corrected chi connectivity index (χ1v) is 7.98. The molecular formula is C15H22BrN3O3. The van der Waals surface area contributed by atoms with Gasteiger partial charge in [0, 0.05) is 37.2 Å². The van der Waals surface area contributed by atoms with Crippen LogP contribution in [0.4, 0.5) is 5.69 Å². The lowest BCUT2D eigenvalue weighted by Gasteiger charge is -2.30. The molecule has 0 spiro atoms. The molecule has 1 aromatic carbocycles. The molecule has 22 heavy (non-hydrogen) atoms. The Morgan fingerprint density at radius 1 is 1.55 bits per heavy atom.